The molecule has 0 spiro atoms. The molecule has 0 rings (SSSR count). The van der Waals surface area contributed by atoms with Crippen LogP contribution in [0, 0.1) is 0 Å². The molecule has 0 heterocycles. The highest BCUT2D eigenvalue weighted by Gasteiger charge is 1.83. The van der Waals surface area contributed by atoms with E-state index in [2.05, 4.69) is 4.99 Å². The second-order valence-corrected chi connectivity index (χ2v) is 1.41. The molecule has 46 valence electrons. The van der Waals surface area contributed by atoms with Gasteiger partial charge in [0.25, 0.3) is 0 Å². The fraction of sp³-hybridized carbons (Fsp3) is 0.400. The minimum absolute atomic E-state index is 0.234. The van der Waals surface area contributed by atoms with E-state index in [0.717, 1.165) is 0 Å². The summed E-state index contributed by atoms with van der Waals surface area (Å²) in [5.74, 6) is 0.261. The number of hydrogen-bond donors (Lipinski definition) is 0. The van der Waals surface area contributed by atoms with Gasteiger partial charge in [0, 0.05) is 0 Å². The van der Waals surface area contributed by atoms with Gasteiger partial charge in [0.1, 0.15) is 0 Å². The SMILES string of the molecule is C/C=C(CCl)\N=C/F. The summed E-state index contributed by atoms with van der Waals surface area (Å²) < 4.78 is 11.2. The largest absolute Gasteiger partial charge is 0.231 e. The number of nitrogens with zero attached hydrogens (tertiary/aromatic N) is 1. The van der Waals surface area contributed by atoms with Crippen LogP contribution in [0.15, 0.2) is 16.8 Å². The van der Waals surface area contributed by atoms with E-state index in [9.17, 15) is 4.39 Å². The Balaban J connectivity index is 3.72. The minimum atomic E-state index is 0.234. The first-order chi connectivity index (χ1) is 3.85. The number of alkyl halides is 1. The molecule has 0 fully saturated rings. The van der Waals surface area contributed by atoms with E-state index in [1.807, 2.05) is 0 Å². The van der Waals surface area contributed by atoms with E-state index in [1.54, 1.807) is 13.0 Å². The van der Waals surface area contributed by atoms with Crippen LogP contribution in [0.3, 0.4) is 0 Å². The Kier molecular flexibility index (Phi) is 4.56. The lowest BCUT2D eigenvalue weighted by molar-refractivity contribution is 0.838. The maximum Gasteiger partial charge on any atom is 0.176 e. The number of rotatable bonds is 2. The fourth-order valence-corrected chi connectivity index (χ4v) is 0.472. The van der Waals surface area contributed by atoms with Crippen LogP contribution in [-0.4, -0.2) is 12.3 Å². The highest BCUT2D eigenvalue weighted by molar-refractivity contribution is 6.19. The van der Waals surface area contributed by atoms with Gasteiger partial charge >= 0.3 is 0 Å². The lowest BCUT2D eigenvalue weighted by Crippen LogP contribution is -1.76. The summed E-state index contributed by atoms with van der Waals surface area (Å²) in [6, 6.07) is 0. The number of halogens is 2. The summed E-state index contributed by atoms with van der Waals surface area (Å²) in [6.07, 6.45) is 1.66. The van der Waals surface area contributed by atoms with Crippen molar-refractivity contribution in [2.24, 2.45) is 4.99 Å². The van der Waals surface area contributed by atoms with Crippen LogP contribution in [0.5, 0.6) is 0 Å². The van der Waals surface area contributed by atoms with Crippen LogP contribution >= 0.6 is 11.6 Å². The molecule has 0 saturated heterocycles. The van der Waals surface area contributed by atoms with Crippen molar-refractivity contribution in [2.75, 3.05) is 5.88 Å². The number of hydrogen-bond acceptors (Lipinski definition) is 1. The van der Waals surface area contributed by atoms with Crippen LogP contribution < -0.4 is 0 Å². The standard InChI is InChI=1S/C5H7ClFN/c1-2-5(3-6)8-4-7/h2,4H,3H2,1H3/b5-2-,8-4-. The number of allylic oxidation sites excluding steroid dienone is 2. The molecule has 0 radical (unpaired) electrons. The van der Waals surface area contributed by atoms with Crippen LogP contribution in [0.4, 0.5) is 4.39 Å². The molecule has 0 unspecified atom stereocenters. The smallest absolute Gasteiger partial charge is 0.176 e. The van der Waals surface area contributed by atoms with E-state index in [-0.39, 0.29) is 12.3 Å². The Bertz CT molecular complexity index is 106. The quantitative estimate of drug-likeness (QED) is 0.406. The van der Waals surface area contributed by atoms with E-state index in [1.165, 1.54) is 0 Å². The first-order valence-electron chi connectivity index (χ1n) is 2.19. The van der Waals surface area contributed by atoms with E-state index < -0.39 is 0 Å². The van der Waals surface area contributed by atoms with Crippen molar-refractivity contribution in [1.29, 1.82) is 0 Å². The second-order valence-electron chi connectivity index (χ2n) is 1.14. The summed E-state index contributed by atoms with van der Waals surface area (Å²) in [5, 5.41) is 0. The first kappa shape index (κ1) is 7.63. The van der Waals surface area contributed by atoms with Gasteiger partial charge in [-0.15, -0.1) is 11.6 Å². The van der Waals surface area contributed by atoms with Gasteiger partial charge in [-0.3, -0.25) is 0 Å². The summed E-state index contributed by atoms with van der Waals surface area (Å²) >= 11 is 5.30. The van der Waals surface area contributed by atoms with Gasteiger partial charge in [0.15, 0.2) is 6.47 Å². The molecule has 3 heteroatoms. The summed E-state index contributed by atoms with van der Waals surface area (Å²) in [6.45, 7) is 1.99. The van der Waals surface area contributed by atoms with Crippen molar-refractivity contribution < 1.29 is 4.39 Å². The van der Waals surface area contributed by atoms with Gasteiger partial charge in [-0.1, -0.05) is 6.08 Å². The maximum atomic E-state index is 11.2. The van der Waals surface area contributed by atoms with Gasteiger partial charge in [-0.2, -0.15) is 4.39 Å². The average molecular weight is 136 g/mol. The van der Waals surface area contributed by atoms with E-state index in [0.29, 0.717) is 5.70 Å². The Morgan fingerprint density at radius 3 is 2.62 bits per heavy atom. The predicted molar refractivity (Wildman–Crippen MR) is 34.1 cm³/mol. The van der Waals surface area contributed by atoms with Crippen LogP contribution in [0.25, 0.3) is 0 Å². The number of aliphatic imine (C=N–C) groups is 1. The molecule has 1 nitrogen and oxygen atoms in total. The monoisotopic (exact) mass is 135 g/mol. The molecule has 0 bridgehead atoms. The highest BCUT2D eigenvalue weighted by Crippen LogP contribution is 1.97. The zero-order valence-corrected chi connectivity index (χ0v) is 5.32. The second kappa shape index (κ2) is 4.78. The Labute approximate surface area is 52.9 Å². The zero-order valence-electron chi connectivity index (χ0n) is 4.56. The normalized spacial score (nSPS) is 13.1. The lowest BCUT2D eigenvalue weighted by atomic mass is 10.5. The van der Waals surface area contributed by atoms with Crippen molar-refractivity contribution in [3.8, 4) is 0 Å². The van der Waals surface area contributed by atoms with E-state index in [4.69, 9.17) is 11.6 Å². The van der Waals surface area contributed by atoms with E-state index >= 15 is 0 Å². The lowest BCUT2D eigenvalue weighted by Gasteiger charge is -1.86. The molecule has 0 amide bonds. The predicted octanol–water partition coefficient (Wildman–Crippen LogP) is 2.13. The molecule has 0 atom stereocenters. The average Bonchev–Trinajstić information content (AvgIpc) is 1.83. The third-order valence-corrected chi connectivity index (χ3v) is 0.959. The van der Waals surface area contributed by atoms with Gasteiger partial charge in [0.2, 0.25) is 0 Å². The Morgan fingerprint density at radius 2 is 2.50 bits per heavy atom. The van der Waals surface area contributed by atoms with Crippen LogP contribution in [0.1, 0.15) is 6.92 Å². The van der Waals surface area contributed by atoms with Crippen LogP contribution in [0.2, 0.25) is 0 Å². The molecular formula is C5H7ClFN. The van der Waals surface area contributed by atoms with Gasteiger partial charge < -0.3 is 0 Å². The molecule has 0 saturated carbocycles. The minimum Gasteiger partial charge on any atom is -0.231 e. The van der Waals surface area contributed by atoms with Crippen LogP contribution in [-0.2, 0) is 0 Å². The molecule has 0 N–H and O–H groups in total. The molecule has 0 aromatic heterocycles. The molecule has 8 heavy (non-hydrogen) atoms. The third kappa shape index (κ3) is 2.75. The summed E-state index contributed by atoms with van der Waals surface area (Å²) in [5.41, 5.74) is 0.550. The highest BCUT2D eigenvalue weighted by atomic mass is 35.5. The zero-order chi connectivity index (χ0) is 6.41. The summed E-state index contributed by atoms with van der Waals surface area (Å²) in [7, 11) is 0. The van der Waals surface area contributed by atoms with Crippen molar-refractivity contribution in [2.45, 2.75) is 6.92 Å². The Morgan fingerprint density at radius 1 is 1.88 bits per heavy atom. The van der Waals surface area contributed by atoms with Crippen molar-refractivity contribution >= 4 is 18.1 Å². The molecular weight excluding hydrogens is 129 g/mol. The van der Waals surface area contributed by atoms with Crippen molar-refractivity contribution in [3.05, 3.63) is 11.8 Å². The molecule has 0 aliphatic rings. The van der Waals surface area contributed by atoms with Crippen molar-refractivity contribution in [1.82, 2.24) is 0 Å². The first-order valence-corrected chi connectivity index (χ1v) is 2.72. The molecule has 0 aromatic carbocycles. The summed E-state index contributed by atoms with van der Waals surface area (Å²) in [4.78, 5) is 3.30. The van der Waals surface area contributed by atoms with Gasteiger partial charge in [-0.05, 0) is 6.92 Å². The fourth-order valence-electron chi connectivity index (χ4n) is 0.249. The van der Waals surface area contributed by atoms with Gasteiger partial charge in [-0.25, -0.2) is 4.99 Å². The third-order valence-electron chi connectivity index (χ3n) is 0.685. The molecule has 0 aliphatic heterocycles. The topological polar surface area (TPSA) is 12.4 Å². The Hall–Kier alpha value is -0.370. The van der Waals surface area contributed by atoms with Crippen molar-refractivity contribution in [3.63, 3.8) is 0 Å². The molecule has 0 aliphatic carbocycles. The van der Waals surface area contributed by atoms with Gasteiger partial charge in [0.05, 0.1) is 11.6 Å². The maximum absolute atomic E-state index is 11.2. The molecule has 0 aromatic rings.